The zero-order valence-electron chi connectivity index (χ0n) is 11.9. The number of hydrogen-bond acceptors (Lipinski definition) is 3. The van der Waals surface area contributed by atoms with Crippen LogP contribution in [0.3, 0.4) is 0 Å². The molecule has 0 aromatic heterocycles. The number of carbonyl (C=O) groups excluding carboxylic acids is 2. The van der Waals surface area contributed by atoms with Crippen molar-refractivity contribution in [1.82, 2.24) is 0 Å². The summed E-state index contributed by atoms with van der Waals surface area (Å²) in [4.78, 5) is 24.2. The molecule has 0 aliphatic heterocycles. The first-order valence-electron chi connectivity index (χ1n) is 6.93. The fraction of sp³-hybridized carbons (Fsp3) is 0.867. The van der Waals surface area contributed by atoms with Crippen LogP contribution in [0.2, 0.25) is 0 Å². The van der Waals surface area contributed by atoms with Gasteiger partial charge in [0.1, 0.15) is 11.7 Å². The maximum Gasteiger partial charge on any atom is 0.316 e. The van der Waals surface area contributed by atoms with E-state index in [1.807, 2.05) is 0 Å². The Morgan fingerprint density at radius 2 is 1.94 bits per heavy atom. The summed E-state index contributed by atoms with van der Waals surface area (Å²) < 4.78 is 4.88. The van der Waals surface area contributed by atoms with Crippen molar-refractivity contribution in [3.63, 3.8) is 0 Å². The number of methoxy groups -OCH3 is 1. The van der Waals surface area contributed by atoms with E-state index >= 15 is 0 Å². The normalized spacial score (nSPS) is 39.0. The van der Waals surface area contributed by atoms with Crippen molar-refractivity contribution >= 4 is 11.8 Å². The quantitative estimate of drug-likeness (QED) is 0.532. The topological polar surface area (TPSA) is 43.4 Å². The van der Waals surface area contributed by atoms with E-state index in [-0.39, 0.29) is 22.6 Å². The molecule has 2 aliphatic rings. The summed E-state index contributed by atoms with van der Waals surface area (Å²) in [5.41, 5.74) is 0.0180. The Bertz CT molecular complexity index is 364. The fourth-order valence-corrected chi connectivity index (χ4v) is 4.55. The van der Waals surface area contributed by atoms with Crippen molar-refractivity contribution < 1.29 is 14.3 Å². The molecule has 0 bridgehead atoms. The first-order valence-corrected chi connectivity index (χ1v) is 6.93. The zero-order chi connectivity index (χ0) is 13.6. The van der Waals surface area contributed by atoms with E-state index in [2.05, 4.69) is 20.8 Å². The van der Waals surface area contributed by atoms with Crippen LogP contribution in [0, 0.1) is 22.7 Å². The molecular weight excluding hydrogens is 228 g/mol. The third-order valence-electron chi connectivity index (χ3n) is 5.37. The average Bonchev–Trinajstić information content (AvgIpc) is 2.26. The molecule has 2 saturated carbocycles. The summed E-state index contributed by atoms with van der Waals surface area (Å²) in [7, 11) is 1.39. The lowest BCUT2D eigenvalue weighted by Gasteiger charge is -2.55. The molecule has 0 saturated heterocycles. The van der Waals surface area contributed by atoms with Crippen LogP contribution in [0.25, 0.3) is 0 Å². The van der Waals surface area contributed by atoms with Gasteiger partial charge in [0.25, 0.3) is 0 Å². The second-order valence-electron chi connectivity index (χ2n) is 6.86. The summed E-state index contributed by atoms with van der Waals surface area (Å²) in [5, 5.41) is 0. The van der Waals surface area contributed by atoms with Gasteiger partial charge in [-0.1, -0.05) is 27.2 Å². The first-order chi connectivity index (χ1) is 8.33. The first kappa shape index (κ1) is 13.6. The summed E-state index contributed by atoms with van der Waals surface area (Å²) in [6.07, 6.45) is 4.71. The van der Waals surface area contributed by atoms with E-state index in [0.29, 0.717) is 12.3 Å². The Kier molecular flexibility index (Phi) is 3.28. The van der Waals surface area contributed by atoms with Gasteiger partial charge in [0.2, 0.25) is 0 Å². The van der Waals surface area contributed by atoms with Gasteiger partial charge in [-0.2, -0.15) is 0 Å². The predicted octanol–water partition coefficient (Wildman–Crippen LogP) is 2.97. The Labute approximate surface area is 109 Å². The molecule has 18 heavy (non-hydrogen) atoms. The van der Waals surface area contributed by atoms with Crippen LogP contribution in [0.4, 0.5) is 0 Å². The standard InChI is InChI=1S/C15H24O3/c1-14(2)8-5-9-15(3)11(14)7-6-10(16)12(15)13(17)18-4/h11-12H,5-9H2,1-4H3. The minimum absolute atomic E-state index is 0.0818. The molecule has 2 rings (SSSR count). The highest BCUT2D eigenvalue weighted by Crippen LogP contribution is 2.59. The number of ketones is 1. The second kappa shape index (κ2) is 4.36. The molecule has 0 amide bonds. The van der Waals surface area contributed by atoms with Gasteiger partial charge in [0.05, 0.1) is 7.11 Å². The van der Waals surface area contributed by atoms with Gasteiger partial charge >= 0.3 is 5.97 Å². The Morgan fingerprint density at radius 1 is 1.28 bits per heavy atom. The summed E-state index contributed by atoms with van der Waals surface area (Å²) >= 11 is 0. The number of Topliss-reactive ketones (excluding diaryl/α,β-unsaturated/α-hetero) is 1. The van der Waals surface area contributed by atoms with Crippen LogP contribution in [0.1, 0.15) is 52.9 Å². The van der Waals surface area contributed by atoms with Gasteiger partial charge in [0, 0.05) is 6.42 Å². The van der Waals surface area contributed by atoms with Gasteiger partial charge in [-0.05, 0) is 36.0 Å². The van der Waals surface area contributed by atoms with Crippen LogP contribution in [0.15, 0.2) is 0 Å². The van der Waals surface area contributed by atoms with E-state index < -0.39 is 5.92 Å². The fourth-order valence-electron chi connectivity index (χ4n) is 4.55. The lowest BCUT2D eigenvalue weighted by molar-refractivity contribution is -0.167. The molecule has 0 N–H and O–H groups in total. The molecule has 3 unspecified atom stereocenters. The van der Waals surface area contributed by atoms with E-state index in [0.717, 1.165) is 19.3 Å². The molecule has 0 spiro atoms. The van der Waals surface area contributed by atoms with Crippen molar-refractivity contribution in [2.75, 3.05) is 7.11 Å². The molecule has 3 nitrogen and oxygen atoms in total. The molecule has 0 heterocycles. The van der Waals surface area contributed by atoms with E-state index in [1.165, 1.54) is 13.5 Å². The molecular formula is C15H24O3. The molecule has 2 aliphatic carbocycles. The number of fused-ring (bicyclic) bond motifs is 1. The maximum absolute atomic E-state index is 12.2. The van der Waals surface area contributed by atoms with Crippen molar-refractivity contribution in [3.8, 4) is 0 Å². The average molecular weight is 252 g/mol. The molecule has 2 fully saturated rings. The van der Waals surface area contributed by atoms with Crippen LogP contribution in [-0.4, -0.2) is 18.9 Å². The lowest BCUT2D eigenvalue weighted by Crippen LogP contribution is -2.54. The van der Waals surface area contributed by atoms with Gasteiger partial charge in [-0.3, -0.25) is 9.59 Å². The smallest absolute Gasteiger partial charge is 0.316 e. The summed E-state index contributed by atoms with van der Waals surface area (Å²) in [6, 6.07) is 0. The molecule has 0 radical (unpaired) electrons. The molecule has 0 aromatic carbocycles. The van der Waals surface area contributed by atoms with Gasteiger partial charge < -0.3 is 4.74 Å². The van der Waals surface area contributed by atoms with Crippen molar-refractivity contribution in [2.24, 2.45) is 22.7 Å². The van der Waals surface area contributed by atoms with Gasteiger partial charge in [0.15, 0.2) is 0 Å². The number of carbonyl (C=O) groups is 2. The molecule has 0 aromatic rings. The highest BCUT2D eigenvalue weighted by atomic mass is 16.5. The van der Waals surface area contributed by atoms with E-state index in [4.69, 9.17) is 4.74 Å². The Balaban J connectivity index is 2.40. The maximum atomic E-state index is 12.2. The number of esters is 1. The van der Waals surface area contributed by atoms with Crippen LogP contribution < -0.4 is 0 Å². The number of rotatable bonds is 1. The third-order valence-corrected chi connectivity index (χ3v) is 5.37. The van der Waals surface area contributed by atoms with Crippen molar-refractivity contribution in [3.05, 3.63) is 0 Å². The van der Waals surface area contributed by atoms with Crippen molar-refractivity contribution in [1.29, 1.82) is 0 Å². The highest BCUT2D eigenvalue weighted by molar-refractivity contribution is 6.00. The monoisotopic (exact) mass is 252 g/mol. The molecule has 102 valence electrons. The van der Waals surface area contributed by atoms with Crippen LogP contribution in [-0.2, 0) is 14.3 Å². The van der Waals surface area contributed by atoms with E-state index in [1.54, 1.807) is 0 Å². The predicted molar refractivity (Wildman–Crippen MR) is 69.0 cm³/mol. The minimum Gasteiger partial charge on any atom is -0.468 e. The lowest BCUT2D eigenvalue weighted by atomic mass is 9.48. The highest BCUT2D eigenvalue weighted by Gasteiger charge is 2.57. The minimum atomic E-state index is -0.541. The largest absolute Gasteiger partial charge is 0.468 e. The Morgan fingerprint density at radius 3 is 2.56 bits per heavy atom. The van der Waals surface area contributed by atoms with Crippen molar-refractivity contribution in [2.45, 2.75) is 52.9 Å². The number of hydrogen-bond donors (Lipinski definition) is 0. The summed E-state index contributed by atoms with van der Waals surface area (Å²) in [5.74, 6) is -0.343. The van der Waals surface area contributed by atoms with Crippen LogP contribution >= 0.6 is 0 Å². The van der Waals surface area contributed by atoms with E-state index in [9.17, 15) is 9.59 Å². The van der Waals surface area contributed by atoms with Crippen LogP contribution in [0.5, 0.6) is 0 Å². The van der Waals surface area contributed by atoms with Gasteiger partial charge in [-0.25, -0.2) is 0 Å². The zero-order valence-corrected chi connectivity index (χ0v) is 11.9. The van der Waals surface area contributed by atoms with Gasteiger partial charge in [-0.15, -0.1) is 0 Å². The molecule has 3 atom stereocenters. The molecule has 3 heteroatoms. The third kappa shape index (κ3) is 1.88. The Hall–Kier alpha value is -0.860. The number of ether oxygens (including phenoxy) is 1. The SMILES string of the molecule is COC(=O)C1C(=O)CCC2C(C)(C)CCCC12C. The summed E-state index contributed by atoms with van der Waals surface area (Å²) in [6.45, 7) is 6.68. The second-order valence-corrected chi connectivity index (χ2v) is 6.86.